The number of thioether (sulfide) groups is 2. The van der Waals surface area contributed by atoms with E-state index in [1.54, 1.807) is 0 Å². The number of carbonyl (C=O) groups excluding carboxylic acids is 2. The average molecular weight is 603 g/mol. The van der Waals surface area contributed by atoms with E-state index in [1.807, 2.05) is 32.9 Å². The number of aryl methyl sites for hydroxylation is 1. The number of hydrogen-bond donors (Lipinski definition) is 0. The maximum atomic E-state index is 11.4. The second-order valence-electron chi connectivity index (χ2n) is 9.59. The second kappa shape index (κ2) is 20.1. The number of benzene rings is 1. The Bertz CT molecular complexity index is 1110. The maximum absolute atomic E-state index is 11.4. The molecular weight excluding hydrogens is 560 g/mol. The largest absolute Gasteiger partial charge is 0.492 e. The van der Waals surface area contributed by atoms with Gasteiger partial charge in [-0.2, -0.15) is 0 Å². The highest BCUT2D eigenvalue weighted by molar-refractivity contribution is 8.24. The Hall–Kier alpha value is -2.82. The Balaban J connectivity index is 1.89. The maximum Gasteiger partial charge on any atom is 0.305 e. The number of nitrogens with zero attached hydrogens (tertiary/aromatic N) is 2. The summed E-state index contributed by atoms with van der Waals surface area (Å²) in [5, 5.41) is 9.43. The molecule has 0 unspecified atom stereocenters. The number of fused-ring (bicyclic) bond motifs is 1. The van der Waals surface area contributed by atoms with Gasteiger partial charge < -0.3 is 18.9 Å². The van der Waals surface area contributed by atoms with Crippen LogP contribution in [0.4, 0.5) is 0 Å². The zero-order valence-electron chi connectivity index (χ0n) is 24.6. The van der Waals surface area contributed by atoms with Gasteiger partial charge in [0.25, 0.3) is 5.70 Å². The van der Waals surface area contributed by atoms with Crippen molar-refractivity contribution in [2.75, 3.05) is 26.4 Å². The standard InChI is InChI=1S/C31H42N2O6S2/c1-5-36-26(34)17-13-9-7-11-15-19-38-25-21-23(3)28(30-29(25)40-31(41-30)24(22-32)33-4)39-20-16-12-8-10-14-18-27(35)37-6-2/h21H,5-20H2,1-3H3/b31-24+. The molecule has 1 aliphatic rings. The molecule has 10 heteroatoms. The van der Waals surface area contributed by atoms with Crippen LogP contribution in [0.1, 0.15) is 96.5 Å². The number of unbranched alkanes of at least 4 members (excludes halogenated alkanes) is 8. The van der Waals surface area contributed by atoms with Gasteiger partial charge in [-0.1, -0.05) is 62.0 Å². The van der Waals surface area contributed by atoms with E-state index in [0.717, 1.165) is 91.1 Å². The molecule has 0 amide bonds. The van der Waals surface area contributed by atoms with Crippen molar-refractivity contribution in [3.05, 3.63) is 33.0 Å². The highest BCUT2D eigenvalue weighted by atomic mass is 32.2. The number of allylic oxidation sites excluding steroid dienone is 1. The van der Waals surface area contributed by atoms with Gasteiger partial charge in [-0.15, -0.1) is 0 Å². The third-order valence-corrected chi connectivity index (χ3v) is 8.90. The average Bonchev–Trinajstić information content (AvgIpc) is 3.39. The molecule has 0 radical (unpaired) electrons. The summed E-state index contributed by atoms with van der Waals surface area (Å²) in [4.78, 5) is 28.1. The Morgan fingerprint density at radius 3 is 1.88 bits per heavy atom. The molecule has 0 saturated heterocycles. The first kappa shape index (κ1) is 34.4. The fourth-order valence-electron chi connectivity index (χ4n) is 4.24. The summed E-state index contributed by atoms with van der Waals surface area (Å²) in [7, 11) is 0. The number of hydrogen-bond acceptors (Lipinski definition) is 9. The lowest BCUT2D eigenvalue weighted by Crippen LogP contribution is -2.04. The molecule has 0 fully saturated rings. The molecule has 0 aliphatic carbocycles. The lowest BCUT2D eigenvalue weighted by atomic mass is 10.1. The summed E-state index contributed by atoms with van der Waals surface area (Å²) < 4.78 is 23.0. The van der Waals surface area contributed by atoms with E-state index in [2.05, 4.69) is 4.85 Å². The van der Waals surface area contributed by atoms with Gasteiger partial charge in [-0.05, 0) is 58.1 Å². The Labute approximate surface area is 253 Å². The van der Waals surface area contributed by atoms with Gasteiger partial charge in [0.2, 0.25) is 0 Å². The van der Waals surface area contributed by atoms with E-state index in [0.29, 0.717) is 43.5 Å². The van der Waals surface area contributed by atoms with Crippen LogP contribution in [0.5, 0.6) is 11.5 Å². The van der Waals surface area contributed by atoms with Gasteiger partial charge in [0.15, 0.2) is 0 Å². The molecule has 1 aromatic carbocycles. The predicted octanol–water partition coefficient (Wildman–Crippen LogP) is 8.37. The summed E-state index contributed by atoms with van der Waals surface area (Å²) in [6.07, 6.45) is 10.5. The number of nitriles is 1. The molecule has 0 aromatic heterocycles. The van der Waals surface area contributed by atoms with Gasteiger partial charge >= 0.3 is 11.9 Å². The minimum absolute atomic E-state index is 0.0800. The number of esters is 2. The summed E-state index contributed by atoms with van der Waals surface area (Å²) in [6.45, 7) is 15.0. The van der Waals surface area contributed by atoms with Crippen LogP contribution in [-0.4, -0.2) is 38.4 Å². The van der Waals surface area contributed by atoms with Crippen molar-refractivity contribution in [2.45, 2.75) is 108 Å². The van der Waals surface area contributed by atoms with Crippen LogP contribution in [0, 0.1) is 24.8 Å². The van der Waals surface area contributed by atoms with E-state index in [4.69, 9.17) is 25.5 Å². The Morgan fingerprint density at radius 2 is 1.34 bits per heavy atom. The third-order valence-electron chi connectivity index (χ3n) is 6.31. The molecule has 0 bridgehead atoms. The van der Waals surface area contributed by atoms with Crippen molar-refractivity contribution in [2.24, 2.45) is 0 Å². The molecule has 2 rings (SSSR count). The third kappa shape index (κ3) is 12.3. The smallest absolute Gasteiger partial charge is 0.305 e. The summed E-state index contributed by atoms with van der Waals surface area (Å²) in [5.41, 5.74) is 1.04. The lowest BCUT2D eigenvalue weighted by Gasteiger charge is -2.16. The molecular formula is C31H42N2O6S2. The van der Waals surface area contributed by atoms with Crippen LogP contribution in [0.15, 0.2) is 25.8 Å². The number of carbonyl (C=O) groups is 2. The topological polar surface area (TPSA) is 99.2 Å². The van der Waals surface area contributed by atoms with E-state index in [1.165, 1.54) is 23.5 Å². The molecule has 1 heterocycles. The summed E-state index contributed by atoms with van der Waals surface area (Å²) in [6, 6.07) is 4.00. The molecule has 0 N–H and O–H groups in total. The Morgan fingerprint density at radius 1 is 0.829 bits per heavy atom. The molecule has 224 valence electrons. The fourth-order valence-corrected chi connectivity index (χ4v) is 6.82. The van der Waals surface area contributed by atoms with Crippen molar-refractivity contribution < 1.29 is 28.5 Å². The molecule has 41 heavy (non-hydrogen) atoms. The van der Waals surface area contributed by atoms with E-state index in [-0.39, 0.29) is 17.6 Å². The predicted molar refractivity (Wildman–Crippen MR) is 162 cm³/mol. The SMILES string of the molecule is [C-]#[N+]/C(C#N)=C1\Sc2c(OCCCCCCCC(=O)OCC)cc(C)c(OCCCCCCCC(=O)OCC)c2S1. The molecule has 0 spiro atoms. The van der Waals surface area contributed by atoms with E-state index >= 15 is 0 Å². The molecule has 1 aliphatic heterocycles. The quantitative estimate of drug-likeness (QED) is 0.0630. The normalized spacial score (nSPS) is 13.1. The second-order valence-corrected chi connectivity index (χ2v) is 11.9. The van der Waals surface area contributed by atoms with Gasteiger partial charge in [0.05, 0.1) is 53.1 Å². The first-order valence-electron chi connectivity index (χ1n) is 14.6. The molecule has 0 saturated carbocycles. The van der Waals surface area contributed by atoms with Gasteiger partial charge in [-0.25, -0.2) is 10.1 Å². The van der Waals surface area contributed by atoms with Crippen LogP contribution < -0.4 is 9.47 Å². The van der Waals surface area contributed by atoms with Crippen molar-refractivity contribution >= 4 is 35.5 Å². The van der Waals surface area contributed by atoms with Crippen molar-refractivity contribution in [1.82, 2.24) is 0 Å². The Kier molecular flexibility index (Phi) is 16.9. The van der Waals surface area contributed by atoms with Crippen LogP contribution in [-0.2, 0) is 19.1 Å². The van der Waals surface area contributed by atoms with Gasteiger partial charge in [0, 0.05) is 12.8 Å². The van der Waals surface area contributed by atoms with E-state index in [9.17, 15) is 14.9 Å². The van der Waals surface area contributed by atoms with Gasteiger partial charge in [-0.3, -0.25) is 9.59 Å². The highest BCUT2D eigenvalue weighted by Crippen LogP contribution is 2.59. The number of ether oxygens (including phenoxy) is 4. The number of rotatable bonds is 20. The van der Waals surface area contributed by atoms with Crippen LogP contribution in [0.25, 0.3) is 4.85 Å². The minimum Gasteiger partial charge on any atom is -0.492 e. The molecule has 8 nitrogen and oxygen atoms in total. The molecule has 1 aromatic rings. The van der Waals surface area contributed by atoms with Crippen LogP contribution >= 0.6 is 23.5 Å². The summed E-state index contributed by atoms with van der Waals surface area (Å²) in [5.74, 6) is 1.28. The zero-order chi connectivity index (χ0) is 29.9. The monoisotopic (exact) mass is 602 g/mol. The lowest BCUT2D eigenvalue weighted by molar-refractivity contribution is -0.144. The first-order chi connectivity index (χ1) is 19.9. The van der Waals surface area contributed by atoms with E-state index < -0.39 is 0 Å². The van der Waals surface area contributed by atoms with Crippen LogP contribution in [0.3, 0.4) is 0 Å². The summed E-state index contributed by atoms with van der Waals surface area (Å²) >= 11 is 2.81. The van der Waals surface area contributed by atoms with Crippen molar-refractivity contribution in [3.8, 4) is 17.6 Å². The van der Waals surface area contributed by atoms with Gasteiger partial charge in [0.1, 0.15) is 11.5 Å². The minimum atomic E-state index is -0.128. The fraction of sp³-hybridized carbons (Fsp3) is 0.613. The molecule has 0 atom stereocenters. The van der Waals surface area contributed by atoms with Crippen LogP contribution in [0.2, 0.25) is 0 Å². The zero-order valence-corrected chi connectivity index (χ0v) is 26.2. The van der Waals surface area contributed by atoms with Crippen molar-refractivity contribution in [3.63, 3.8) is 0 Å². The first-order valence-corrected chi connectivity index (χ1v) is 16.2. The highest BCUT2D eigenvalue weighted by Gasteiger charge is 2.30. The van der Waals surface area contributed by atoms with Crippen molar-refractivity contribution in [1.29, 1.82) is 5.26 Å².